The van der Waals surface area contributed by atoms with Gasteiger partial charge in [0.25, 0.3) is 0 Å². The summed E-state index contributed by atoms with van der Waals surface area (Å²) in [6.45, 7) is 4.88. The van der Waals surface area contributed by atoms with E-state index in [0.29, 0.717) is 18.4 Å². The Morgan fingerprint density at radius 1 is 1.10 bits per heavy atom. The topological polar surface area (TPSA) is 78.4 Å². The molecule has 2 rings (SSSR count). The van der Waals surface area contributed by atoms with Crippen molar-refractivity contribution in [2.45, 2.75) is 58.4 Å². The van der Waals surface area contributed by atoms with Crippen molar-refractivity contribution < 1.29 is 14.7 Å². The summed E-state index contributed by atoms with van der Waals surface area (Å²) < 4.78 is 0. The predicted octanol–water partition coefficient (Wildman–Crippen LogP) is 2.61. The first-order valence-corrected chi connectivity index (χ1v) is 8.26. The Morgan fingerprint density at radius 2 is 1.81 bits per heavy atom. The van der Waals surface area contributed by atoms with Crippen LogP contribution < -0.4 is 10.6 Å². The molecule has 0 spiro atoms. The zero-order valence-electron chi connectivity index (χ0n) is 13.1. The van der Waals surface area contributed by atoms with Gasteiger partial charge in [-0.25, -0.2) is 4.79 Å². The van der Waals surface area contributed by atoms with Crippen LogP contribution in [0.2, 0.25) is 0 Å². The van der Waals surface area contributed by atoms with Crippen LogP contribution in [-0.2, 0) is 4.79 Å². The molecule has 5 heteroatoms. The lowest BCUT2D eigenvalue weighted by Gasteiger charge is -2.29. The molecule has 2 aliphatic rings. The van der Waals surface area contributed by atoms with Gasteiger partial charge in [0.2, 0.25) is 0 Å². The molecule has 0 aliphatic heterocycles. The van der Waals surface area contributed by atoms with Gasteiger partial charge in [-0.1, -0.05) is 26.7 Å². The summed E-state index contributed by atoms with van der Waals surface area (Å²) in [5.41, 5.74) is 0. The second kappa shape index (κ2) is 7.14. The number of carboxylic acid groups (broad SMARTS) is 1. The first-order chi connectivity index (χ1) is 9.99. The van der Waals surface area contributed by atoms with E-state index in [1.807, 2.05) is 0 Å². The van der Waals surface area contributed by atoms with E-state index in [2.05, 4.69) is 24.5 Å². The van der Waals surface area contributed by atoms with Gasteiger partial charge in [0, 0.05) is 12.6 Å². The van der Waals surface area contributed by atoms with Crippen molar-refractivity contribution in [1.82, 2.24) is 10.6 Å². The lowest BCUT2D eigenvalue weighted by atomic mass is 9.79. The first kappa shape index (κ1) is 16.1. The summed E-state index contributed by atoms with van der Waals surface area (Å²) in [6, 6.07) is 0.109. The number of hydrogen-bond donors (Lipinski definition) is 3. The summed E-state index contributed by atoms with van der Waals surface area (Å²) in [5.74, 6) is 0.216. The normalized spacial score (nSPS) is 36.2. The maximum atomic E-state index is 12.0. The Balaban J connectivity index is 1.76. The van der Waals surface area contributed by atoms with E-state index in [1.54, 1.807) is 0 Å². The Bertz CT molecular complexity index is 386. The van der Waals surface area contributed by atoms with E-state index in [9.17, 15) is 14.7 Å². The molecular weight excluding hydrogens is 268 g/mol. The number of aliphatic carboxylic acids is 1. The van der Waals surface area contributed by atoms with Crippen LogP contribution in [0.3, 0.4) is 0 Å². The fourth-order valence-electron chi connectivity index (χ4n) is 3.79. The lowest BCUT2D eigenvalue weighted by Crippen LogP contribution is -2.46. The molecule has 3 N–H and O–H groups in total. The molecule has 5 unspecified atom stereocenters. The summed E-state index contributed by atoms with van der Waals surface area (Å²) in [7, 11) is 0. The molecule has 0 aromatic heterocycles. The highest BCUT2D eigenvalue weighted by molar-refractivity contribution is 5.74. The second-order valence-electron chi connectivity index (χ2n) is 6.86. The van der Waals surface area contributed by atoms with E-state index >= 15 is 0 Å². The zero-order valence-corrected chi connectivity index (χ0v) is 13.1. The van der Waals surface area contributed by atoms with Crippen LogP contribution in [0.25, 0.3) is 0 Å². The van der Waals surface area contributed by atoms with E-state index in [1.165, 1.54) is 0 Å². The van der Waals surface area contributed by atoms with Crippen LogP contribution in [0.4, 0.5) is 4.79 Å². The van der Waals surface area contributed by atoms with Gasteiger partial charge in [-0.05, 0) is 43.4 Å². The smallest absolute Gasteiger partial charge is 0.315 e. The lowest BCUT2D eigenvalue weighted by molar-refractivity contribution is -0.144. The molecule has 120 valence electrons. The maximum absolute atomic E-state index is 12.0. The number of carboxylic acids is 1. The Labute approximate surface area is 126 Å². The van der Waals surface area contributed by atoms with Crippen molar-refractivity contribution in [3.63, 3.8) is 0 Å². The van der Waals surface area contributed by atoms with Crippen LogP contribution >= 0.6 is 0 Å². The molecular formula is C16H28N2O3. The molecule has 0 radical (unpaired) electrons. The van der Waals surface area contributed by atoms with Crippen molar-refractivity contribution in [1.29, 1.82) is 0 Å². The Hall–Kier alpha value is -1.26. The number of carbonyl (C=O) groups excluding carboxylic acids is 1. The minimum absolute atomic E-state index is 0.0712. The predicted molar refractivity (Wildman–Crippen MR) is 81.0 cm³/mol. The van der Waals surface area contributed by atoms with Crippen molar-refractivity contribution in [3.8, 4) is 0 Å². The van der Waals surface area contributed by atoms with Gasteiger partial charge in [0.1, 0.15) is 0 Å². The van der Waals surface area contributed by atoms with Crippen LogP contribution in [-0.4, -0.2) is 29.7 Å². The van der Waals surface area contributed by atoms with Crippen molar-refractivity contribution >= 4 is 12.0 Å². The highest BCUT2D eigenvalue weighted by atomic mass is 16.4. The zero-order chi connectivity index (χ0) is 15.4. The van der Waals surface area contributed by atoms with E-state index in [0.717, 1.165) is 38.5 Å². The number of carbonyl (C=O) groups is 2. The highest BCUT2D eigenvalue weighted by Gasteiger charge is 2.32. The van der Waals surface area contributed by atoms with Crippen molar-refractivity contribution in [3.05, 3.63) is 0 Å². The van der Waals surface area contributed by atoms with Crippen molar-refractivity contribution in [2.75, 3.05) is 6.54 Å². The molecule has 2 amide bonds. The third-order valence-electron chi connectivity index (χ3n) is 5.53. The Kier molecular flexibility index (Phi) is 5.48. The molecule has 0 aromatic carbocycles. The largest absolute Gasteiger partial charge is 0.481 e. The van der Waals surface area contributed by atoms with Crippen LogP contribution in [0.5, 0.6) is 0 Å². The minimum atomic E-state index is -0.722. The number of nitrogens with one attached hydrogen (secondary N) is 2. The number of rotatable bonds is 4. The average molecular weight is 296 g/mol. The van der Waals surface area contributed by atoms with E-state index < -0.39 is 5.97 Å². The minimum Gasteiger partial charge on any atom is -0.481 e. The standard InChI is InChI=1S/C16H28N2O3/c1-10-7-8-14(11(10)2)18-16(21)17-9-12-5-3-4-6-13(12)15(19)20/h10-14H,3-9H2,1-2H3,(H,19,20)(H2,17,18,21). The van der Waals surface area contributed by atoms with E-state index in [-0.39, 0.29) is 23.9 Å². The van der Waals surface area contributed by atoms with Crippen LogP contribution in [0.1, 0.15) is 52.4 Å². The molecule has 2 aliphatic carbocycles. The summed E-state index contributed by atoms with van der Waals surface area (Å²) in [6.07, 6.45) is 5.88. The van der Waals surface area contributed by atoms with Gasteiger partial charge in [0.15, 0.2) is 0 Å². The third-order valence-corrected chi connectivity index (χ3v) is 5.53. The van der Waals surface area contributed by atoms with Gasteiger partial charge >= 0.3 is 12.0 Å². The Morgan fingerprint density at radius 3 is 2.43 bits per heavy atom. The van der Waals surface area contributed by atoms with Gasteiger partial charge in [0.05, 0.1) is 5.92 Å². The molecule has 5 atom stereocenters. The molecule has 0 heterocycles. The SMILES string of the molecule is CC1CCC(NC(=O)NCC2CCCCC2C(=O)O)C1C. The number of hydrogen-bond acceptors (Lipinski definition) is 2. The molecule has 0 bridgehead atoms. The average Bonchev–Trinajstić information content (AvgIpc) is 2.77. The monoisotopic (exact) mass is 296 g/mol. The third kappa shape index (κ3) is 4.11. The first-order valence-electron chi connectivity index (χ1n) is 8.26. The van der Waals surface area contributed by atoms with Gasteiger partial charge in [-0.15, -0.1) is 0 Å². The molecule has 5 nitrogen and oxygen atoms in total. The summed E-state index contributed by atoms with van der Waals surface area (Å²) in [4.78, 5) is 23.2. The van der Waals surface area contributed by atoms with Gasteiger partial charge in [-0.2, -0.15) is 0 Å². The van der Waals surface area contributed by atoms with Gasteiger partial charge in [-0.3, -0.25) is 4.79 Å². The van der Waals surface area contributed by atoms with Crippen LogP contribution in [0, 0.1) is 23.7 Å². The van der Waals surface area contributed by atoms with E-state index in [4.69, 9.17) is 0 Å². The highest BCUT2D eigenvalue weighted by Crippen LogP contribution is 2.31. The molecule has 2 fully saturated rings. The maximum Gasteiger partial charge on any atom is 0.315 e. The number of urea groups is 1. The van der Waals surface area contributed by atoms with Crippen molar-refractivity contribution in [2.24, 2.45) is 23.7 Å². The molecule has 0 saturated heterocycles. The summed E-state index contributed by atoms with van der Waals surface area (Å²) in [5, 5.41) is 15.2. The van der Waals surface area contributed by atoms with Gasteiger partial charge < -0.3 is 15.7 Å². The fourth-order valence-corrected chi connectivity index (χ4v) is 3.79. The summed E-state index contributed by atoms with van der Waals surface area (Å²) >= 11 is 0. The quantitative estimate of drug-likeness (QED) is 0.746. The molecule has 2 saturated carbocycles. The van der Waals surface area contributed by atoms with Crippen LogP contribution in [0.15, 0.2) is 0 Å². The second-order valence-corrected chi connectivity index (χ2v) is 6.86. The fraction of sp³-hybridized carbons (Fsp3) is 0.875. The molecule has 21 heavy (non-hydrogen) atoms. The number of amides is 2. The molecule has 0 aromatic rings.